The Morgan fingerprint density at radius 3 is 2.71 bits per heavy atom. The monoisotopic (exact) mass is 194 g/mol. The van der Waals surface area contributed by atoms with Crippen molar-refractivity contribution in [2.24, 2.45) is 0 Å². The molecule has 4 nitrogen and oxygen atoms in total. The number of rotatable bonds is 3. The van der Waals surface area contributed by atoms with Gasteiger partial charge in [0.15, 0.2) is 6.10 Å². The smallest absolute Gasteiger partial charge is 0.255 e. The van der Waals surface area contributed by atoms with E-state index in [0.29, 0.717) is 0 Å². The van der Waals surface area contributed by atoms with Crippen LogP contribution in [-0.4, -0.2) is 37.0 Å². The van der Waals surface area contributed by atoms with Crippen LogP contribution in [0.15, 0.2) is 24.5 Å². The molecule has 1 rings (SSSR count). The van der Waals surface area contributed by atoms with Crippen LogP contribution in [0.1, 0.15) is 11.7 Å². The number of pyridine rings is 1. The number of carbonyl (C=O) groups excluding carboxylic acids is 1. The summed E-state index contributed by atoms with van der Waals surface area (Å²) >= 11 is 0. The molecule has 0 saturated carbocycles. The van der Waals surface area contributed by atoms with Gasteiger partial charge in [0, 0.05) is 39.2 Å². The molecule has 14 heavy (non-hydrogen) atoms. The zero-order chi connectivity index (χ0) is 10.6. The van der Waals surface area contributed by atoms with Gasteiger partial charge in [-0.2, -0.15) is 0 Å². The SMILES string of the molecule is COC(C(=O)N(C)C)c1cccnc1. The van der Waals surface area contributed by atoms with E-state index >= 15 is 0 Å². The summed E-state index contributed by atoms with van der Waals surface area (Å²) in [5.41, 5.74) is 0.772. The fourth-order valence-electron chi connectivity index (χ4n) is 1.15. The lowest BCUT2D eigenvalue weighted by molar-refractivity contribution is -0.139. The first-order chi connectivity index (χ1) is 6.66. The topological polar surface area (TPSA) is 42.4 Å². The van der Waals surface area contributed by atoms with Crippen LogP contribution in [0, 0.1) is 0 Å². The number of likely N-dealkylation sites (N-methyl/N-ethyl adjacent to an activating group) is 1. The molecule has 1 atom stereocenters. The van der Waals surface area contributed by atoms with Crippen LogP contribution in [0.2, 0.25) is 0 Å². The highest BCUT2D eigenvalue weighted by atomic mass is 16.5. The lowest BCUT2D eigenvalue weighted by atomic mass is 10.1. The summed E-state index contributed by atoms with van der Waals surface area (Å²) in [5, 5.41) is 0. The van der Waals surface area contributed by atoms with Crippen molar-refractivity contribution in [3.8, 4) is 0 Å². The van der Waals surface area contributed by atoms with Crippen molar-refractivity contribution in [1.29, 1.82) is 0 Å². The number of methoxy groups -OCH3 is 1. The molecule has 1 aromatic rings. The van der Waals surface area contributed by atoms with E-state index in [1.807, 2.05) is 6.07 Å². The summed E-state index contributed by atoms with van der Waals surface area (Å²) in [7, 11) is 4.91. The van der Waals surface area contributed by atoms with Crippen LogP contribution in [0.5, 0.6) is 0 Å². The molecule has 4 heteroatoms. The van der Waals surface area contributed by atoms with Gasteiger partial charge in [0.25, 0.3) is 5.91 Å². The molecule has 1 aromatic heterocycles. The first kappa shape index (κ1) is 10.7. The van der Waals surface area contributed by atoms with Crippen molar-refractivity contribution in [3.63, 3.8) is 0 Å². The number of hydrogen-bond donors (Lipinski definition) is 0. The Balaban J connectivity index is 2.88. The zero-order valence-electron chi connectivity index (χ0n) is 8.60. The van der Waals surface area contributed by atoms with Gasteiger partial charge in [-0.3, -0.25) is 9.78 Å². The maximum Gasteiger partial charge on any atom is 0.255 e. The second-order valence-electron chi connectivity index (χ2n) is 3.13. The molecule has 0 N–H and O–H groups in total. The molecule has 76 valence electrons. The minimum Gasteiger partial charge on any atom is -0.367 e. The van der Waals surface area contributed by atoms with E-state index < -0.39 is 6.10 Å². The van der Waals surface area contributed by atoms with E-state index in [4.69, 9.17) is 4.74 Å². The number of carbonyl (C=O) groups is 1. The molecule has 0 aliphatic carbocycles. The third kappa shape index (κ3) is 2.29. The van der Waals surface area contributed by atoms with Crippen LogP contribution in [0.3, 0.4) is 0 Å². The van der Waals surface area contributed by atoms with Gasteiger partial charge in [-0.1, -0.05) is 6.07 Å². The summed E-state index contributed by atoms with van der Waals surface area (Å²) in [6, 6.07) is 3.60. The summed E-state index contributed by atoms with van der Waals surface area (Å²) in [6.45, 7) is 0. The number of amides is 1. The van der Waals surface area contributed by atoms with Gasteiger partial charge in [0.2, 0.25) is 0 Å². The molecule has 1 heterocycles. The Morgan fingerprint density at radius 1 is 1.57 bits per heavy atom. The molecule has 0 bridgehead atoms. The van der Waals surface area contributed by atoms with E-state index in [1.54, 1.807) is 32.6 Å². The molecule has 0 aliphatic rings. The zero-order valence-corrected chi connectivity index (χ0v) is 8.60. The molecule has 0 saturated heterocycles. The Kier molecular flexibility index (Phi) is 3.59. The van der Waals surface area contributed by atoms with Gasteiger partial charge < -0.3 is 9.64 Å². The van der Waals surface area contributed by atoms with E-state index in [2.05, 4.69) is 4.98 Å². The minimum absolute atomic E-state index is 0.0829. The molecule has 1 amide bonds. The normalized spacial score (nSPS) is 12.2. The standard InChI is InChI=1S/C10H14N2O2/c1-12(2)10(13)9(14-3)8-5-4-6-11-7-8/h4-7,9H,1-3H3. The summed E-state index contributed by atoms with van der Waals surface area (Å²) < 4.78 is 5.13. The number of ether oxygens (including phenoxy) is 1. The largest absolute Gasteiger partial charge is 0.367 e. The number of aromatic nitrogens is 1. The number of nitrogens with zero attached hydrogens (tertiary/aromatic N) is 2. The van der Waals surface area contributed by atoms with Crippen LogP contribution >= 0.6 is 0 Å². The Labute approximate surface area is 83.5 Å². The third-order valence-electron chi connectivity index (χ3n) is 1.89. The molecule has 1 unspecified atom stereocenters. The minimum atomic E-state index is -0.557. The predicted molar refractivity (Wildman–Crippen MR) is 52.7 cm³/mol. The predicted octanol–water partition coefficient (Wildman–Crippen LogP) is 0.857. The molecule has 0 fully saturated rings. The molecule has 0 spiro atoms. The van der Waals surface area contributed by atoms with Gasteiger partial charge in [-0.25, -0.2) is 0 Å². The molecule has 0 aliphatic heterocycles. The lowest BCUT2D eigenvalue weighted by Crippen LogP contribution is -2.29. The van der Waals surface area contributed by atoms with E-state index in [0.717, 1.165) is 5.56 Å². The highest BCUT2D eigenvalue weighted by Crippen LogP contribution is 2.16. The Hall–Kier alpha value is -1.42. The fourth-order valence-corrected chi connectivity index (χ4v) is 1.15. The van der Waals surface area contributed by atoms with Crippen molar-refractivity contribution in [1.82, 2.24) is 9.88 Å². The highest BCUT2D eigenvalue weighted by Gasteiger charge is 2.21. The lowest BCUT2D eigenvalue weighted by Gasteiger charge is -2.18. The average molecular weight is 194 g/mol. The molecule has 0 radical (unpaired) electrons. The van der Waals surface area contributed by atoms with Crippen LogP contribution in [0.4, 0.5) is 0 Å². The van der Waals surface area contributed by atoms with Gasteiger partial charge in [0.05, 0.1) is 0 Å². The first-order valence-electron chi connectivity index (χ1n) is 4.30. The Morgan fingerprint density at radius 2 is 2.29 bits per heavy atom. The van der Waals surface area contributed by atoms with Crippen LogP contribution in [-0.2, 0) is 9.53 Å². The van der Waals surface area contributed by atoms with Crippen LogP contribution < -0.4 is 0 Å². The summed E-state index contributed by atoms with van der Waals surface area (Å²) in [5.74, 6) is -0.0829. The number of hydrogen-bond acceptors (Lipinski definition) is 3. The fraction of sp³-hybridized carbons (Fsp3) is 0.400. The van der Waals surface area contributed by atoms with Crippen molar-refractivity contribution in [2.75, 3.05) is 21.2 Å². The van der Waals surface area contributed by atoms with Gasteiger partial charge in [-0.05, 0) is 6.07 Å². The molecule has 0 aromatic carbocycles. The van der Waals surface area contributed by atoms with E-state index in [9.17, 15) is 4.79 Å². The van der Waals surface area contributed by atoms with E-state index in [1.165, 1.54) is 12.0 Å². The molecular weight excluding hydrogens is 180 g/mol. The quantitative estimate of drug-likeness (QED) is 0.716. The second-order valence-corrected chi connectivity index (χ2v) is 3.13. The van der Waals surface area contributed by atoms with Crippen molar-refractivity contribution < 1.29 is 9.53 Å². The maximum atomic E-state index is 11.6. The average Bonchev–Trinajstić information content (AvgIpc) is 2.20. The highest BCUT2D eigenvalue weighted by molar-refractivity contribution is 5.81. The maximum absolute atomic E-state index is 11.6. The van der Waals surface area contributed by atoms with Crippen LogP contribution in [0.25, 0.3) is 0 Å². The third-order valence-corrected chi connectivity index (χ3v) is 1.89. The summed E-state index contributed by atoms with van der Waals surface area (Å²) in [4.78, 5) is 17.1. The van der Waals surface area contributed by atoms with Gasteiger partial charge >= 0.3 is 0 Å². The first-order valence-corrected chi connectivity index (χ1v) is 4.30. The van der Waals surface area contributed by atoms with E-state index in [-0.39, 0.29) is 5.91 Å². The summed E-state index contributed by atoms with van der Waals surface area (Å²) in [6.07, 6.45) is 2.74. The van der Waals surface area contributed by atoms with Crippen molar-refractivity contribution >= 4 is 5.91 Å². The van der Waals surface area contributed by atoms with Gasteiger partial charge in [0.1, 0.15) is 0 Å². The van der Waals surface area contributed by atoms with Crippen molar-refractivity contribution in [2.45, 2.75) is 6.10 Å². The Bertz CT molecular complexity index is 298. The van der Waals surface area contributed by atoms with Crippen molar-refractivity contribution in [3.05, 3.63) is 30.1 Å². The molecular formula is C10H14N2O2. The second kappa shape index (κ2) is 4.72. The van der Waals surface area contributed by atoms with Gasteiger partial charge in [-0.15, -0.1) is 0 Å².